The number of hydrogen-bond donors (Lipinski definition) is 0. The largest absolute Gasteiger partial charge is 0.304 e. The highest BCUT2D eigenvalue weighted by Crippen LogP contribution is 2.29. The number of amides is 1. The summed E-state index contributed by atoms with van der Waals surface area (Å²) < 4.78 is 23.5. The quantitative estimate of drug-likeness (QED) is 0.841. The first-order valence-corrected chi connectivity index (χ1v) is 9.05. The van der Waals surface area contributed by atoms with Crippen molar-refractivity contribution in [3.05, 3.63) is 40.8 Å². The number of carbonyl (C=O) groups excluding carboxylic acids is 1. The first kappa shape index (κ1) is 16.7. The maximum atomic E-state index is 12.9. The first-order chi connectivity index (χ1) is 10.0. The van der Waals surface area contributed by atoms with Crippen LogP contribution in [-0.4, -0.2) is 26.1 Å². The van der Waals surface area contributed by atoms with E-state index in [0.717, 1.165) is 16.8 Å². The number of aryl methyl sites for hydroxylation is 2. The highest BCUT2D eigenvalue weighted by Gasteiger charge is 2.36. The van der Waals surface area contributed by atoms with E-state index in [2.05, 4.69) is 0 Å². The molecule has 0 N–H and O–H groups in total. The molecule has 1 aromatic carbocycles. The Kier molecular flexibility index (Phi) is 4.22. The smallest absolute Gasteiger partial charge is 0.232 e. The van der Waals surface area contributed by atoms with Crippen LogP contribution in [-0.2, 0) is 14.6 Å². The second-order valence-electron chi connectivity index (χ2n) is 6.92. The lowest BCUT2D eigenvalue weighted by Gasteiger charge is -2.33. The van der Waals surface area contributed by atoms with E-state index >= 15 is 0 Å². The summed E-state index contributed by atoms with van der Waals surface area (Å²) in [4.78, 5) is 14.5. The minimum absolute atomic E-state index is 0.0538. The van der Waals surface area contributed by atoms with E-state index < -0.39 is 21.3 Å². The molecule has 5 heteroatoms. The topological polar surface area (TPSA) is 54.5 Å². The van der Waals surface area contributed by atoms with Crippen LogP contribution in [0.2, 0.25) is 0 Å². The molecule has 1 aromatic rings. The molecule has 1 atom stereocenters. The van der Waals surface area contributed by atoms with E-state index in [4.69, 9.17) is 0 Å². The van der Waals surface area contributed by atoms with E-state index in [1.807, 2.05) is 52.8 Å². The molecule has 0 aliphatic carbocycles. The van der Waals surface area contributed by atoms with Gasteiger partial charge in [0, 0.05) is 16.5 Å². The molecule has 0 saturated heterocycles. The average molecular weight is 321 g/mol. The number of sulfone groups is 1. The summed E-state index contributed by atoms with van der Waals surface area (Å²) in [5, 5.41) is 1.21. The van der Waals surface area contributed by atoms with E-state index in [1.54, 1.807) is 11.0 Å². The Morgan fingerprint density at radius 3 is 2.27 bits per heavy atom. The monoisotopic (exact) mass is 321 g/mol. The number of anilines is 1. The third-order valence-corrected chi connectivity index (χ3v) is 5.25. The van der Waals surface area contributed by atoms with Gasteiger partial charge < -0.3 is 4.90 Å². The molecule has 4 nitrogen and oxygen atoms in total. The molecule has 22 heavy (non-hydrogen) atoms. The summed E-state index contributed by atoms with van der Waals surface area (Å²) in [5.41, 5.74) is 2.38. The van der Waals surface area contributed by atoms with Crippen LogP contribution in [0.1, 0.15) is 31.9 Å². The van der Waals surface area contributed by atoms with Gasteiger partial charge in [-0.3, -0.25) is 4.79 Å². The molecular weight excluding hydrogens is 298 g/mol. The van der Waals surface area contributed by atoms with Crippen molar-refractivity contribution in [2.75, 3.05) is 10.7 Å². The van der Waals surface area contributed by atoms with Gasteiger partial charge in [-0.1, -0.05) is 26.8 Å². The summed E-state index contributed by atoms with van der Waals surface area (Å²) in [6.07, 6.45) is 1.61. The Hall–Kier alpha value is -1.62. The summed E-state index contributed by atoms with van der Waals surface area (Å²) in [6.45, 7) is 9.53. The predicted molar refractivity (Wildman–Crippen MR) is 89.6 cm³/mol. The van der Waals surface area contributed by atoms with Gasteiger partial charge in [0.2, 0.25) is 5.91 Å². The zero-order valence-electron chi connectivity index (χ0n) is 13.8. The molecule has 0 bridgehead atoms. The van der Waals surface area contributed by atoms with Gasteiger partial charge in [0.05, 0.1) is 11.8 Å². The summed E-state index contributed by atoms with van der Waals surface area (Å²) in [6, 6.07) is 5.34. The van der Waals surface area contributed by atoms with Crippen LogP contribution in [0.3, 0.4) is 0 Å². The van der Waals surface area contributed by atoms with E-state index in [1.165, 1.54) is 5.41 Å². The van der Waals surface area contributed by atoms with Crippen LogP contribution in [0.4, 0.5) is 5.69 Å². The molecule has 0 spiro atoms. The molecule has 1 aliphatic heterocycles. The molecule has 1 heterocycles. The van der Waals surface area contributed by atoms with Gasteiger partial charge in [0.15, 0.2) is 9.84 Å². The predicted octanol–water partition coefficient (Wildman–Crippen LogP) is 2.99. The van der Waals surface area contributed by atoms with E-state index in [-0.39, 0.29) is 11.7 Å². The lowest BCUT2D eigenvalue weighted by atomic mass is 9.93. The Balaban J connectivity index is 2.49. The fraction of sp³-hybridized carbons (Fsp3) is 0.471. The fourth-order valence-corrected chi connectivity index (χ4v) is 3.68. The maximum Gasteiger partial charge on any atom is 0.232 e. The van der Waals surface area contributed by atoms with Gasteiger partial charge in [0.1, 0.15) is 0 Å². The van der Waals surface area contributed by atoms with Crippen molar-refractivity contribution in [2.24, 2.45) is 5.41 Å². The van der Waals surface area contributed by atoms with Gasteiger partial charge in [-0.05, 0) is 43.2 Å². The normalized spacial score (nSPS) is 20.1. The Bertz CT molecular complexity index is 727. The van der Waals surface area contributed by atoms with Crippen molar-refractivity contribution >= 4 is 21.4 Å². The lowest BCUT2D eigenvalue weighted by molar-refractivity contribution is -0.126. The van der Waals surface area contributed by atoms with E-state index in [0.29, 0.717) is 0 Å². The number of benzene rings is 1. The van der Waals surface area contributed by atoms with Gasteiger partial charge in [-0.25, -0.2) is 8.42 Å². The third kappa shape index (κ3) is 3.40. The van der Waals surface area contributed by atoms with Gasteiger partial charge in [0.25, 0.3) is 0 Å². The summed E-state index contributed by atoms with van der Waals surface area (Å²) in [7, 11) is -3.22. The van der Waals surface area contributed by atoms with Gasteiger partial charge in [-0.15, -0.1) is 0 Å². The minimum atomic E-state index is -3.22. The van der Waals surface area contributed by atoms with Crippen molar-refractivity contribution in [3.63, 3.8) is 0 Å². The van der Waals surface area contributed by atoms with Gasteiger partial charge in [-0.2, -0.15) is 0 Å². The fourth-order valence-electron chi connectivity index (χ4n) is 2.42. The zero-order chi connectivity index (χ0) is 16.7. The number of rotatable bonds is 2. The van der Waals surface area contributed by atoms with Crippen molar-refractivity contribution in [1.29, 1.82) is 0 Å². The van der Waals surface area contributed by atoms with Crippen LogP contribution >= 0.6 is 0 Å². The number of nitrogens with zero attached hydrogens (tertiary/aromatic N) is 1. The average Bonchev–Trinajstić information content (AvgIpc) is 2.73. The SMILES string of the molecule is Cc1ccc(N(C(=O)C(C)(C)C)[C@@H]2C=CS(=O)(=O)C2)cc1C. The second kappa shape index (κ2) is 5.54. The Morgan fingerprint density at radius 1 is 1.18 bits per heavy atom. The minimum Gasteiger partial charge on any atom is -0.304 e. The third-order valence-electron chi connectivity index (χ3n) is 3.87. The molecule has 2 rings (SSSR count). The van der Waals surface area contributed by atoms with Crippen molar-refractivity contribution < 1.29 is 13.2 Å². The zero-order valence-corrected chi connectivity index (χ0v) is 14.6. The molecule has 0 radical (unpaired) electrons. The summed E-state index contributed by atoms with van der Waals surface area (Å²) in [5.74, 6) is -0.135. The molecule has 120 valence electrons. The lowest BCUT2D eigenvalue weighted by Crippen LogP contribution is -2.46. The van der Waals surface area contributed by atoms with Crippen LogP contribution in [0.5, 0.6) is 0 Å². The summed E-state index contributed by atoms with van der Waals surface area (Å²) >= 11 is 0. The standard InChI is InChI=1S/C17H23NO3S/c1-12-6-7-14(10-13(12)2)18(16(19)17(3,4)5)15-8-9-22(20,21)11-15/h6-10,15H,11H2,1-5H3/t15-/m1/s1. The Labute approximate surface area is 132 Å². The van der Waals surface area contributed by atoms with Crippen LogP contribution in [0.25, 0.3) is 0 Å². The van der Waals surface area contributed by atoms with Crippen LogP contribution in [0, 0.1) is 19.3 Å². The highest BCUT2D eigenvalue weighted by atomic mass is 32.2. The molecule has 0 unspecified atom stereocenters. The molecule has 0 aromatic heterocycles. The number of hydrogen-bond acceptors (Lipinski definition) is 3. The molecular formula is C17H23NO3S. The van der Waals surface area contributed by atoms with Crippen LogP contribution < -0.4 is 4.90 Å². The Morgan fingerprint density at radius 2 is 1.82 bits per heavy atom. The maximum absolute atomic E-state index is 12.9. The van der Waals surface area contributed by atoms with Gasteiger partial charge >= 0.3 is 0 Å². The molecule has 1 aliphatic rings. The molecule has 1 amide bonds. The molecule has 0 saturated carbocycles. The van der Waals surface area contributed by atoms with Crippen molar-refractivity contribution in [2.45, 2.75) is 40.7 Å². The van der Waals surface area contributed by atoms with E-state index in [9.17, 15) is 13.2 Å². The molecule has 0 fully saturated rings. The van der Waals surface area contributed by atoms with Crippen LogP contribution in [0.15, 0.2) is 29.7 Å². The number of carbonyl (C=O) groups is 1. The first-order valence-electron chi connectivity index (χ1n) is 7.33. The highest BCUT2D eigenvalue weighted by molar-refractivity contribution is 7.94. The van der Waals surface area contributed by atoms with Crippen molar-refractivity contribution in [1.82, 2.24) is 0 Å². The second-order valence-corrected chi connectivity index (χ2v) is 8.85. The van der Waals surface area contributed by atoms with Crippen molar-refractivity contribution in [3.8, 4) is 0 Å².